The van der Waals surface area contributed by atoms with Gasteiger partial charge in [-0.1, -0.05) is 170 Å². The van der Waals surface area contributed by atoms with Gasteiger partial charge < -0.3 is 4.57 Å². The summed E-state index contributed by atoms with van der Waals surface area (Å²) in [4.78, 5) is 0. The lowest BCUT2D eigenvalue weighted by Crippen LogP contribution is -1.94. The van der Waals surface area contributed by atoms with Gasteiger partial charge in [0.1, 0.15) is 0 Å². The van der Waals surface area contributed by atoms with Gasteiger partial charge in [-0.05, 0) is 101 Å². The highest BCUT2D eigenvalue weighted by atomic mass is 14.9. The van der Waals surface area contributed by atoms with Crippen LogP contribution < -0.4 is 0 Å². The Morgan fingerprint density at radius 3 is 0.926 bits per heavy atom. The minimum absolute atomic E-state index is 1.22. The third-order valence-electron chi connectivity index (χ3n) is 11.5. The molecule has 0 N–H and O–H groups in total. The molecule has 11 aromatic rings. The Morgan fingerprint density at radius 2 is 0.556 bits per heavy atom. The second-order valence-electron chi connectivity index (χ2n) is 14.5. The van der Waals surface area contributed by atoms with Crippen molar-refractivity contribution in [3.63, 3.8) is 0 Å². The highest BCUT2D eigenvalue weighted by Gasteiger charge is 2.22. The largest absolute Gasteiger partial charge is 0.343 e. The van der Waals surface area contributed by atoms with Crippen molar-refractivity contribution in [1.29, 1.82) is 0 Å². The van der Waals surface area contributed by atoms with E-state index in [1.807, 2.05) is 0 Å². The van der Waals surface area contributed by atoms with Crippen LogP contribution in [0.2, 0.25) is 0 Å². The Morgan fingerprint density at radius 1 is 0.259 bits per heavy atom. The van der Waals surface area contributed by atoms with Gasteiger partial charge in [-0.25, -0.2) is 0 Å². The summed E-state index contributed by atoms with van der Waals surface area (Å²) in [5.41, 5.74) is 12.4. The van der Waals surface area contributed by atoms with E-state index in [9.17, 15) is 0 Å². The number of rotatable bonds is 4. The summed E-state index contributed by atoms with van der Waals surface area (Å²) in [5, 5.41) is 12.5. The van der Waals surface area contributed by atoms with Crippen LogP contribution in [0.15, 0.2) is 194 Å². The van der Waals surface area contributed by atoms with Crippen LogP contribution in [0.4, 0.5) is 0 Å². The Bertz CT molecular complexity index is 3050. The van der Waals surface area contributed by atoms with Crippen molar-refractivity contribution in [2.24, 2.45) is 7.05 Å². The van der Waals surface area contributed by atoms with Crippen LogP contribution in [-0.2, 0) is 7.05 Å². The molecule has 1 heterocycles. The monoisotopic (exact) mass is 685 g/mol. The predicted molar refractivity (Wildman–Crippen MR) is 232 cm³/mol. The van der Waals surface area contributed by atoms with Crippen molar-refractivity contribution < 1.29 is 0 Å². The summed E-state index contributed by atoms with van der Waals surface area (Å²) < 4.78 is 2.47. The first kappa shape index (κ1) is 30.6. The molecule has 0 amide bonds. The van der Waals surface area contributed by atoms with E-state index < -0.39 is 0 Å². The zero-order chi connectivity index (χ0) is 35.8. The van der Waals surface area contributed by atoms with Gasteiger partial charge in [0.15, 0.2) is 0 Å². The maximum Gasteiger partial charge on any atom is 0.0569 e. The van der Waals surface area contributed by atoms with E-state index >= 15 is 0 Å². The lowest BCUT2D eigenvalue weighted by Gasteiger charge is -2.15. The third kappa shape index (κ3) is 4.65. The molecule has 10 aromatic carbocycles. The van der Waals surface area contributed by atoms with Crippen LogP contribution in [-0.4, -0.2) is 4.57 Å². The van der Waals surface area contributed by atoms with Crippen LogP contribution >= 0.6 is 0 Å². The van der Waals surface area contributed by atoms with E-state index in [1.54, 1.807) is 0 Å². The van der Waals surface area contributed by atoms with Gasteiger partial charge >= 0.3 is 0 Å². The molecule has 0 radical (unpaired) electrons. The number of nitrogens with zero attached hydrogens (tertiary/aromatic N) is 1. The van der Waals surface area contributed by atoms with Gasteiger partial charge in [0.25, 0.3) is 0 Å². The van der Waals surface area contributed by atoms with Crippen molar-refractivity contribution in [2.75, 3.05) is 0 Å². The van der Waals surface area contributed by atoms with Crippen molar-refractivity contribution in [3.05, 3.63) is 194 Å². The smallest absolute Gasteiger partial charge is 0.0569 e. The summed E-state index contributed by atoms with van der Waals surface area (Å²) >= 11 is 0. The van der Waals surface area contributed by atoms with Gasteiger partial charge in [0.2, 0.25) is 0 Å². The molecule has 11 rings (SSSR count). The average Bonchev–Trinajstić information content (AvgIpc) is 3.53. The molecule has 0 saturated carbocycles. The van der Waals surface area contributed by atoms with Crippen molar-refractivity contribution in [1.82, 2.24) is 4.57 Å². The Labute approximate surface area is 314 Å². The fourth-order valence-electron chi connectivity index (χ4n) is 9.11. The topological polar surface area (TPSA) is 4.93 Å². The summed E-state index contributed by atoms with van der Waals surface area (Å²) in [7, 11) is 2.27. The number of aromatic nitrogens is 1. The second kappa shape index (κ2) is 12.0. The average molecular weight is 686 g/mol. The summed E-state index contributed by atoms with van der Waals surface area (Å²) in [6.45, 7) is 0. The Hall–Kier alpha value is -6.96. The second-order valence-corrected chi connectivity index (χ2v) is 14.5. The zero-order valence-electron chi connectivity index (χ0n) is 29.9. The molecule has 0 aliphatic carbocycles. The standard InChI is InChI=1S/C53H35N/c1-54-52-48(46-28-12-20-36-16-4-8-24-42(36)46)30-38(44-26-10-18-34-14-2-6-22-40(34)44)32-50(52)51-33-39(45-27-11-19-35-15-3-7-23-41(35)45)31-49(53(51)54)47-29-13-21-37-17-5-9-25-43(37)47/h2-33H,1H3. The van der Waals surface area contributed by atoms with Gasteiger partial charge in [0, 0.05) is 28.9 Å². The van der Waals surface area contributed by atoms with E-state index in [-0.39, 0.29) is 0 Å². The van der Waals surface area contributed by atoms with E-state index in [0.29, 0.717) is 0 Å². The van der Waals surface area contributed by atoms with Crippen LogP contribution in [0.1, 0.15) is 0 Å². The highest BCUT2D eigenvalue weighted by Crippen LogP contribution is 2.47. The predicted octanol–water partition coefficient (Wildman–Crippen LogP) is 14.6. The summed E-state index contributed by atoms with van der Waals surface area (Å²) in [5.74, 6) is 0. The van der Waals surface area contributed by atoms with Crippen molar-refractivity contribution in [3.8, 4) is 44.5 Å². The molecule has 54 heavy (non-hydrogen) atoms. The van der Waals surface area contributed by atoms with Crippen LogP contribution in [0.25, 0.3) is 109 Å². The van der Waals surface area contributed by atoms with Gasteiger partial charge in [0.05, 0.1) is 11.0 Å². The Balaban J connectivity index is 1.34. The lowest BCUT2D eigenvalue weighted by molar-refractivity contribution is 1.02. The maximum absolute atomic E-state index is 2.47. The fourth-order valence-corrected chi connectivity index (χ4v) is 9.11. The molecule has 0 bridgehead atoms. The lowest BCUT2D eigenvalue weighted by atomic mass is 9.89. The normalized spacial score (nSPS) is 11.8. The zero-order valence-corrected chi connectivity index (χ0v) is 29.9. The van der Waals surface area contributed by atoms with Crippen molar-refractivity contribution in [2.45, 2.75) is 0 Å². The molecule has 0 fully saturated rings. The number of fused-ring (bicyclic) bond motifs is 7. The van der Waals surface area contributed by atoms with Gasteiger partial charge in [-0.15, -0.1) is 0 Å². The molecule has 0 atom stereocenters. The Kier molecular flexibility index (Phi) is 6.84. The summed E-state index contributed by atoms with van der Waals surface area (Å²) in [6.07, 6.45) is 0. The molecular weight excluding hydrogens is 651 g/mol. The van der Waals surface area contributed by atoms with Gasteiger partial charge in [-0.3, -0.25) is 0 Å². The minimum Gasteiger partial charge on any atom is -0.343 e. The maximum atomic E-state index is 2.47. The van der Waals surface area contributed by atoms with E-state index in [0.717, 1.165) is 0 Å². The third-order valence-corrected chi connectivity index (χ3v) is 11.5. The SMILES string of the molecule is Cn1c2c(-c3cccc4ccccc34)cc(-c3cccc4ccccc34)cc2c2cc(-c3cccc4ccccc34)cc(-c3cccc4ccccc34)c21. The number of hydrogen-bond acceptors (Lipinski definition) is 0. The van der Waals surface area contributed by atoms with Crippen molar-refractivity contribution >= 4 is 64.9 Å². The first-order chi connectivity index (χ1) is 26.7. The highest BCUT2D eigenvalue weighted by molar-refractivity contribution is 6.21. The fraction of sp³-hybridized carbons (Fsp3) is 0.0189. The van der Waals surface area contributed by atoms with E-state index in [2.05, 4.69) is 206 Å². The van der Waals surface area contributed by atoms with E-state index in [4.69, 9.17) is 0 Å². The number of benzene rings is 10. The molecule has 1 aromatic heterocycles. The first-order valence-electron chi connectivity index (χ1n) is 18.7. The molecule has 0 aliphatic heterocycles. The number of hydrogen-bond donors (Lipinski definition) is 0. The molecule has 1 nitrogen and oxygen atoms in total. The molecule has 252 valence electrons. The van der Waals surface area contributed by atoms with Crippen LogP contribution in [0.5, 0.6) is 0 Å². The van der Waals surface area contributed by atoms with Crippen LogP contribution in [0, 0.1) is 0 Å². The molecule has 0 unspecified atom stereocenters. The van der Waals surface area contributed by atoms with Gasteiger partial charge in [-0.2, -0.15) is 0 Å². The quantitative estimate of drug-likeness (QED) is 0.174. The summed E-state index contributed by atoms with van der Waals surface area (Å²) in [6, 6.07) is 71.7. The molecule has 0 spiro atoms. The number of aryl methyl sites for hydroxylation is 1. The molecule has 0 aliphatic rings. The molecule has 0 saturated heterocycles. The van der Waals surface area contributed by atoms with Crippen LogP contribution in [0.3, 0.4) is 0 Å². The molecular formula is C53H35N. The molecule has 1 heteroatoms. The minimum atomic E-state index is 1.22. The first-order valence-corrected chi connectivity index (χ1v) is 18.7. The van der Waals surface area contributed by atoms with E-state index in [1.165, 1.54) is 109 Å².